The SMILES string of the molecule is CNC(=O)[C@@H]1[C@@H]2CCC3(O2)C(C(=O)Nc2ccc(Cl)cc2)N(CCCCCCO)C(=O)[C@H]13. The maximum atomic E-state index is 13.6. The van der Waals surface area contributed by atoms with Crippen molar-refractivity contribution < 1.29 is 24.2 Å². The van der Waals surface area contributed by atoms with Crippen LogP contribution >= 0.6 is 11.6 Å². The molecule has 2 bridgehead atoms. The molecule has 8 nitrogen and oxygen atoms in total. The van der Waals surface area contributed by atoms with Crippen molar-refractivity contribution in [3.05, 3.63) is 29.3 Å². The Bertz CT molecular complexity index is 879. The van der Waals surface area contributed by atoms with E-state index >= 15 is 0 Å². The topological polar surface area (TPSA) is 108 Å². The van der Waals surface area contributed by atoms with Gasteiger partial charge in [-0.25, -0.2) is 0 Å². The summed E-state index contributed by atoms with van der Waals surface area (Å²) in [7, 11) is 1.56. The number of fused-ring (bicyclic) bond motifs is 1. The summed E-state index contributed by atoms with van der Waals surface area (Å²) < 4.78 is 6.32. The minimum Gasteiger partial charge on any atom is -0.396 e. The summed E-state index contributed by atoms with van der Waals surface area (Å²) in [5.74, 6) is -1.93. The molecule has 0 radical (unpaired) electrons. The first-order valence-corrected chi connectivity index (χ1v) is 11.7. The van der Waals surface area contributed by atoms with Gasteiger partial charge >= 0.3 is 0 Å². The first-order valence-electron chi connectivity index (χ1n) is 11.3. The smallest absolute Gasteiger partial charge is 0.250 e. The van der Waals surface area contributed by atoms with Gasteiger partial charge in [-0.2, -0.15) is 0 Å². The number of likely N-dealkylation sites (tertiary alicyclic amines) is 1. The van der Waals surface area contributed by atoms with Crippen LogP contribution in [0.2, 0.25) is 5.02 Å². The number of amides is 3. The van der Waals surface area contributed by atoms with Crippen molar-refractivity contribution in [1.82, 2.24) is 10.2 Å². The van der Waals surface area contributed by atoms with Gasteiger partial charge in [0, 0.05) is 30.9 Å². The molecule has 3 heterocycles. The van der Waals surface area contributed by atoms with E-state index in [9.17, 15) is 14.4 Å². The molecular weight excluding hydrogens is 434 g/mol. The number of carbonyl (C=O) groups excluding carboxylic acids is 3. The molecule has 1 aromatic carbocycles. The van der Waals surface area contributed by atoms with E-state index in [2.05, 4.69) is 10.6 Å². The van der Waals surface area contributed by atoms with Gasteiger partial charge in [-0.1, -0.05) is 24.4 Å². The zero-order valence-electron chi connectivity index (χ0n) is 18.2. The van der Waals surface area contributed by atoms with Gasteiger partial charge in [0.2, 0.25) is 17.7 Å². The number of benzene rings is 1. The first kappa shape index (κ1) is 23.0. The van der Waals surface area contributed by atoms with Crippen LogP contribution in [0.25, 0.3) is 0 Å². The largest absolute Gasteiger partial charge is 0.396 e. The van der Waals surface area contributed by atoms with Gasteiger partial charge in [-0.3, -0.25) is 14.4 Å². The molecule has 3 saturated heterocycles. The number of hydrogen-bond acceptors (Lipinski definition) is 5. The number of hydrogen-bond donors (Lipinski definition) is 3. The highest BCUT2D eigenvalue weighted by Gasteiger charge is 2.74. The number of unbranched alkanes of at least 4 members (excludes halogenated alkanes) is 3. The summed E-state index contributed by atoms with van der Waals surface area (Å²) in [6.07, 6.45) is 4.00. The Morgan fingerprint density at radius 3 is 2.59 bits per heavy atom. The zero-order chi connectivity index (χ0) is 22.9. The summed E-state index contributed by atoms with van der Waals surface area (Å²) in [6, 6.07) is 6.01. The third kappa shape index (κ3) is 3.89. The lowest BCUT2D eigenvalue weighted by Crippen LogP contribution is -2.53. The number of halogens is 1. The van der Waals surface area contributed by atoms with Gasteiger partial charge in [-0.05, 0) is 49.9 Å². The molecule has 3 N–H and O–H groups in total. The highest BCUT2D eigenvalue weighted by Crippen LogP contribution is 2.58. The summed E-state index contributed by atoms with van der Waals surface area (Å²) >= 11 is 5.95. The predicted octanol–water partition coefficient (Wildman–Crippen LogP) is 1.95. The lowest BCUT2D eigenvalue weighted by molar-refractivity contribution is -0.140. The maximum absolute atomic E-state index is 13.6. The Morgan fingerprint density at radius 1 is 1.19 bits per heavy atom. The Balaban J connectivity index is 1.60. The minimum absolute atomic E-state index is 0.142. The van der Waals surface area contributed by atoms with E-state index in [-0.39, 0.29) is 30.4 Å². The number of nitrogens with zero attached hydrogens (tertiary/aromatic N) is 1. The van der Waals surface area contributed by atoms with Gasteiger partial charge in [0.05, 0.1) is 17.9 Å². The van der Waals surface area contributed by atoms with Crippen LogP contribution < -0.4 is 10.6 Å². The average molecular weight is 464 g/mol. The number of carbonyl (C=O) groups is 3. The van der Waals surface area contributed by atoms with E-state index < -0.39 is 23.5 Å². The quantitative estimate of drug-likeness (QED) is 0.485. The van der Waals surface area contributed by atoms with Crippen LogP contribution in [0.4, 0.5) is 5.69 Å². The van der Waals surface area contributed by atoms with E-state index in [1.54, 1.807) is 36.2 Å². The van der Waals surface area contributed by atoms with Crippen LogP contribution in [0.3, 0.4) is 0 Å². The monoisotopic (exact) mass is 463 g/mol. The third-order valence-corrected chi connectivity index (χ3v) is 7.27. The standard InChI is InChI=1S/C23H30ClN3O5/c1-25-20(29)17-16-10-11-23(32-16)18(17)22(31)27(12-4-2-3-5-13-28)19(23)21(30)26-15-8-6-14(24)7-9-15/h6-9,16-19,28H,2-5,10-13H2,1H3,(H,25,29)(H,26,30)/t16-,17+,18-,19?,23?/m0/s1. The fourth-order valence-corrected chi connectivity index (χ4v) is 5.78. The Kier molecular flexibility index (Phi) is 6.74. The molecule has 0 aromatic heterocycles. The molecule has 32 heavy (non-hydrogen) atoms. The molecule has 5 atom stereocenters. The van der Waals surface area contributed by atoms with E-state index in [0.717, 1.165) is 12.8 Å². The molecule has 3 amide bonds. The highest BCUT2D eigenvalue weighted by atomic mass is 35.5. The fraction of sp³-hybridized carbons (Fsp3) is 0.609. The molecule has 2 unspecified atom stereocenters. The van der Waals surface area contributed by atoms with E-state index in [1.807, 2.05) is 0 Å². The summed E-state index contributed by atoms with van der Waals surface area (Å²) in [5.41, 5.74) is -0.398. The van der Waals surface area contributed by atoms with Crippen molar-refractivity contribution in [1.29, 1.82) is 0 Å². The van der Waals surface area contributed by atoms with E-state index in [4.69, 9.17) is 21.4 Å². The van der Waals surface area contributed by atoms with Gasteiger partial charge < -0.3 is 25.4 Å². The van der Waals surface area contributed by atoms with Crippen molar-refractivity contribution in [2.24, 2.45) is 11.8 Å². The molecule has 1 spiro atoms. The normalized spacial score (nSPS) is 30.5. The molecule has 4 rings (SSSR count). The molecule has 3 aliphatic rings. The second-order valence-electron chi connectivity index (χ2n) is 8.84. The molecule has 174 valence electrons. The molecule has 3 fully saturated rings. The van der Waals surface area contributed by atoms with E-state index in [0.29, 0.717) is 42.9 Å². The van der Waals surface area contributed by atoms with Crippen molar-refractivity contribution in [2.45, 2.75) is 56.3 Å². The Labute approximate surface area is 192 Å². The number of ether oxygens (including phenoxy) is 1. The lowest BCUT2D eigenvalue weighted by Gasteiger charge is -2.33. The van der Waals surface area contributed by atoms with Crippen molar-refractivity contribution >= 4 is 35.0 Å². The predicted molar refractivity (Wildman–Crippen MR) is 119 cm³/mol. The summed E-state index contributed by atoms with van der Waals surface area (Å²) in [6.45, 7) is 0.554. The van der Waals surface area contributed by atoms with Crippen LogP contribution in [0, 0.1) is 11.8 Å². The fourth-order valence-electron chi connectivity index (χ4n) is 5.65. The number of anilines is 1. The van der Waals surface area contributed by atoms with Crippen LogP contribution in [-0.2, 0) is 19.1 Å². The molecule has 1 aromatic rings. The second-order valence-corrected chi connectivity index (χ2v) is 9.27. The van der Waals surface area contributed by atoms with Gasteiger partial charge in [0.25, 0.3) is 0 Å². The van der Waals surface area contributed by atoms with E-state index in [1.165, 1.54) is 0 Å². The minimum atomic E-state index is -0.986. The maximum Gasteiger partial charge on any atom is 0.250 e. The van der Waals surface area contributed by atoms with Crippen LogP contribution in [0.1, 0.15) is 38.5 Å². The second kappa shape index (κ2) is 9.37. The summed E-state index contributed by atoms with van der Waals surface area (Å²) in [5, 5.41) is 15.1. The average Bonchev–Trinajstić information content (AvgIpc) is 3.42. The number of nitrogens with one attached hydrogen (secondary N) is 2. The zero-order valence-corrected chi connectivity index (χ0v) is 18.9. The molecule has 0 saturated carbocycles. The van der Waals surface area contributed by atoms with Crippen LogP contribution in [0.15, 0.2) is 24.3 Å². The van der Waals surface area contributed by atoms with Crippen LogP contribution in [0.5, 0.6) is 0 Å². The molecule has 3 aliphatic heterocycles. The first-order chi connectivity index (χ1) is 15.4. The van der Waals surface area contributed by atoms with Crippen LogP contribution in [-0.4, -0.2) is 65.7 Å². The third-order valence-electron chi connectivity index (χ3n) is 7.02. The Morgan fingerprint density at radius 2 is 1.91 bits per heavy atom. The Hall–Kier alpha value is -2.16. The lowest BCUT2D eigenvalue weighted by atomic mass is 9.70. The number of aliphatic hydroxyl groups excluding tert-OH is 1. The van der Waals surface area contributed by atoms with Crippen molar-refractivity contribution in [3.8, 4) is 0 Å². The molecule has 0 aliphatic carbocycles. The van der Waals surface area contributed by atoms with Gasteiger partial charge in [0.1, 0.15) is 11.6 Å². The highest BCUT2D eigenvalue weighted by molar-refractivity contribution is 6.30. The van der Waals surface area contributed by atoms with Crippen molar-refractivity contribution in [3.63, 3.8) is 0 Å². The molecular formula is C23H30ClN3O5. The number of rotatable bonds is 9. The summed E-state index contributed by atoms with van der Waals surface area (Å²) in [4.78, 5) is 41.3. The number of aliphatic hydroxyl groups is 1. The molecule has 9 heteroatoms. The van der Waals surface area contributed by atoms with Gasteiger partial charge in [0.15, 0.2) is 0 Å². The van der Waals surface area contributed by atoms with Gasteiger partial charge in [-0.15, -0.1) is 0 Å². The van der Waals surface area contributed by atoms with Crippen molar-refractivity contribution in [2.75, 3.05) is 25.5 Å².